The molecule has 0 aliphatic heterocycles. The number of nitrogens with one attached hydrogen (secondary N) is 2. The number of hydrogen-bond acceptors (Lipinski definition) is 4. The molecule has 5 aromatic rings. The maximum absolute atomic E-state index is 5.90. The molecule has 0 radical (unpaired) electrons. The van der Waals surface area contributed by atoms with Crippen molar-refractivity contribution in [1.82, 2.24) is 20.2 Å². The van der Waals surface area contributed by atoms with Crippen LogP contribution in [0.25, 0.3) is 35.2 Å². The SMILES string of the molecule is COc1ccc(OCc2ccccn2)cc1C=Cc1cc(C=Cc2ccc3cc[nH]c3c2)n[nH]1. The fourth-order valence-corrected chi connectivity index (χ4v) is 3.63. The first-order chi connectivity index (χ1) is 16.8. The number of benzene rings is 2. The van der Waals surface area contributed by atoms with Crippen LogP contribution >= 0.6 is 0 Å². The third kappa shape index (κ3) is 5.07. The van der Waals surface area contributed by atoms with Crippen LogP contribution < -0.4 is 9.47 Å². The minimum atomic E-state index is 0.406. The van der Waals surface area contributed by atoms with Gasteiger partial charge in [0, 0.05) is 23.5 Å². The number of ether oxygens (including phenoxy) is 2. The van der Waals surface area contributed by atoms with Crippen molar-refractivity contribution in [1.29, 1.82) is 0 Å². The lowest BCUT2D eigenvalue weighted by Gasteiger charge is -2.09. The molecule has 0 bridgehead atoms. The molecular formula is C28H24N4O2. The molecule has 5 rings (SSSR count). The number of aromatic amines is 2. The maximum Gasteiger partial charge on any atom is 0.130 e. The van der Waals surface area contributed by atoms with Gasteiger partial charge < -0.3 is 14.5 Å². The van der Waals surface area contributed by atoms with Crippen molar-refractivity contribution in [3.8, 4) is 11.5 Å². The van der Waals surface area contributed by atoms with E-state index in [0.717, 1.165) is 45.2 Å². The normalized spacial score (nSPS) is 11.6. The molecule has 0 aliphatic rings. The second kappa shape index (κ2) is 9.92. The quantitative estimate of drug-likeness (QED) is 0.296. The van der Waals surface area contributed by atoms with E-state index in [-0.39, 0.29) is 0 Å². The van der Waals surface area contributed by atoms with Crippen molar-refractivity contribution in [3.63, 3.8) is 0 Å². The Morgan fingerprint density at radius 2 is 1.88 bits per heavy atom. The second-order valence-electron chi connectivity index (χ2n) is 7.75. The number of pyridine rings is 1. The van der Waals surface area contributed by atoms with E-state index in [1.165, 1.54) is 5.39 Å². The summed E-state index contributed by atoms with van der Waals surface area (Å²) in [6, 6.07) is 21.9. The van der Waals surface area contributed by atoms with Gasteiger partial charge >= 0.3 is 0 Å². The number of H-pyrrole nitrogens is 2. The largest absolute Gasteiger partial charge is 0.496 e. The van der Waals surface area contributed by atoms with Gasteiger partial charge in [0.2, 0.25) is 0 Å². The van der Waals surface area contributed by atoms with Crippen molar-refractivity contribution in [3.05, 3.63) is 107 Å². The summed E-state index contributed by atoms with van der Waals surface area (Å²) in [4.78, 5) is 7.53. The van der Waals surface area contributed by atoms with Crippen molar-refractivity contribution >= 4 is 35.2 Å². The van der Waals surface area contributed by atoms with Crippen LogP contribution in [0.5, 0.6) is 11.5 Å². The van der Waals surface area contributed by atoms with Crippen LogP contribution in [0.3, 0.4) is 0 Å². The van der Waals surface area contributed by atoms with Crippen LogP contribution in [0.2, 0.25) is 0 Å². The monoisotopic (exact) mass is 448 g/mol. The molecule has 3 aromatic heterocycles. The van der Waals surface area contributed by atoms with Gasteiger partial charge in [0.1, 0.15) is 18.1 Å². The molecule has 34 heavy (non-hydrogen) atoms. The molecule has 3 heterocycles. The molecule has 168 valence electrons. The van der Waals surface area contributed by atoms with E-state index >= 15 is 0 Å². The predicted octanol–water partition coefficient (Wildman–Crippen LogP) is 6.21. The summed E-state index contributed by atoms with van der Waals surface area (Å²) in [5.74, 6) is 1.51. The van der Waals surface area contributed by atoms with E-state index in [9.17, 15) is 0 Å². The molecule has 0 unspecified atom stereocenters. The van der Waals surface area contributed by atoms with Crippen LogP contribution in [0, 0.1) is 0 Å². The predicted molar refractivity (Wildman–Crippen MR) is 136 cm³/mol. The minimum absolute atomic E-state index is 0.406. The molecular weight excluding hydrogens is 424 g/mol. The topological polar surface area (TPSA) is 75.8 Å². The Morgan fingerprint density at radius 3 is 2.76 bits per heavy atom. The zero-order chi connectivity index (χ0) is 23.2. The first-order valence-corrected chi connectivity index (χ1v) is 11.0. The average molecular weight is 449 g/mol. The van der Waals surface area contributed by atoms with Crippen LogP contribution in [0.1, 0.15) is 28.2 Å². The van der Waals surface area contributed by atoms with Gasteiger partial charge in [0.15, 0.2) is 0 Å². The summed E-state index contributed by atoms with van der Waals surface area (Å²) >= 11 is 0. The zero-order valence-electron chi connectivity index (χ0n) is 18.7. The minimum Gasteiger partial charge on any atom is -0.496 e. The van der Waals surface area contributed by atoms with Gasteiger partial charge in [-0.05, 0) is 77.7 Å². The van der Waals surface area contributed by atoms with E-state index in [0.29, 0.717) is 6.61 Å². The Balaban J connectivity index is 1.27. The molecule has 0 saturated carbocycles. The number of hydrogen-bond donors (Lipinski definition) is 2. The van der Waals surface area contributed by atoms with Crippen LogP contribution in [-0.2, 0) is 6.61 Å². The number of nitrogens with zero attached hydrogens (tertiary/aromatic N) is 2. The highest BCUT2D eigenvalue weighted by Gasteiger charge is 2.04. The van der Waals surface area contributed by atoms with E-state index in [2.05, 4.69) is 50.5 Å². The van der Waals surface area contributed by atoms with Gasteiger partial charge in [-0.1, -0.05) is 24.3 Å². The van der Waals surface area contributed by atoms with E-state index in [4.69, 9.17) is 9.47 Å². The second-order valence-corrected chi connectivity index (χ2v) is 7.75. The molecule has 0 fully saturated rings. The third-order valence-corrected chi connectivity index (χ3v) is 5.40. The Hall–Kier alpha value is -4.58. The Labute approximate surface area is 197 Å². The van der Waals surface area contributed by atoms with E-state index in [1.54, 1.807) is 13.3 Å². The number of rotatable bonds is 8. The summed E-state index contributed by atoms with van der Waals surface area (Å²) in [7, 11) is 1.66. The number of aromatic nitrogens is 4. The van der Waals surface area contributed by atoms with E-state index < -0.39 is 0 Å². The molecule has 0 atom stereocenters. The number of methoxy groups -OCH3 is 1. The van der Waals surface area contributed by atoms with Crippen LogP contribution in [-0.4, -0.2) is 27.3 Å². The van der Waals surface area contributed by atoms with Crippen molar-refractivity contribution in [2.75, 3.05) is 7.11 Å². The van der Waals surface area contributed by atoms with Gasteiger partial charge in [-0.2, -0.15) is 5.10 Å². The molecule has 6 nitrogen and oxygen atoms in total. The van der Waals surface area contributed by atoms with E-state index in [1.807, 2.05) is 66.9 Å². The van der Waals surface area contributed by atoms with Gasteiger partial charge in [0.05, 0.1) is 24.2 Å². The van der Waals surface area contributed by atoms with Gasteiger partial charge in [-0.25, -0.2) is 0 Å². The summed E-state index contributed by atoms with van der Waals surface area (Å²) in [5, 5.41) is 8.65. The van der Waals surface area contributed by atoms with Gasteiger partial charge in [-0.3, -0.25) is 10.1 Å². The lowest BCUT2D eigenvalue weighted by Crippen LogP contribution is -1.98. The zero-order valence-corrected chi connectivity index (χ0v) is 18.7. The highest BCUT2D eigenvalue weighted by Crippen LogP contribution is 2.26. The average Bonchev–Trinajstić information content (AvgIpc) is 3.54. The molecule has 2 aromatic carbocycles. The fourth-order valence-electron chi connectivity index (χ4n) is 3.63. The van der Waals surface area contributed by atoms with Crippen molar-refractivity contribution in [2.24, 2.45) is 0 Å². The van der Waals surface area contributed by atoms with Crippen LogP contribution in [0.4, 0.5) is 0 Å². The Bertz CT molecular complexity index is 1450. The van der Waals surface area contributed by atoms with Gasteiger partial charge in [-0.15, -0.1) is 0 Å². The first kappa shape index (κ1) is 21.3. The molecule has 0 spiro atoms. The smallest absolute Gasteiger partial charge is 0.130 e. The highest BCUT2D eigenvalue weighted by atomic mass is 16.5. The highest BCUT2D eigenvalue weighted by molar-refractivity contribution is 5.83. The number of fused-ring (bicyclic) bond motifs is 1. The fraction of sp³-hybridized carbons (Fsp3) is 0.0714. The Morgan fingerprint density at radius 1 is 0.912 bits per heavy atom. The summed E-state index contributed by atoms with van der Waals surface area (Å²) < 4.78 is 11.4. The third-order valence-electron chi connectivity index (χ3n) is 5.40. The summed E-state index contributed by atoms with van der Waals surface area (Å²) in [6.45, 7) is 0.406. The van der Waals surface area contributed by atoms with Crippen molar-refractivity contribution in [2.45, 2.75) is 6.61 Å². The standard InChI is InChI=1S/C28H24N4O2/c1-33-28-12-11-26(34-19-25-4-2-3-14-29-25)17-22(28)8-10-24-18-23(31-32-24)9-6-20-5-7-21-13-15-30-27(21)16-20/h2-18,30H,19H2,1H3,(H,31,32). The summed E-state index contributed by atoms with van der Waals surface area (Å²) in [5.41, 5.74) is 5.76. The lowest BCUT2D eigenvalue weighted by atomic mass is 10.1. The molecule has 6 heteroatoms. The molecule has 0 amide bonds. The first-order valence-electron chi connectivity index (χ1n) is 11.0. The summed E-state index contributed by atoms with van der Waals surface area (Å²) in [6.07, 6.45) is 11.7. The molecule has 0 saturated heterocycles. The molecule has 2 N–H and O–H groups in total. The maximum atomic E-state index is 5.90. The molecule has 0 aliphatic carbocycles. The van der Waals surface area contributed by atoms with Crippen molar-refractivity contribution < 1.29 is 9.47 Å². The van der Waals surface area contributed by atoms with Crippen LogP contribution in [0.15, 0.2) is 79.1 Å². The van der Waals surface area contributed by atoms with Gasteiger partial charge in [0.25, 0.3) is 0 Å². The lowest BCUT2D eigenvalue weighted by molar-refractivity contribution is 0.300. The Kier molecular flexibility index (Phi) is 6.21.